The van der Waals surface area contributed by atoms with Gasteiger partial charge in [0.15, 0.2) is 0 Å². The first-order chi connectivity index (χ1) is 4.24. The minimum Gasteiger partial charge on any atom is -0.330 e. The SMILES string of the molecule is C[CH-][Si](CC)(CC)CC.[Li+]. The second-order valence-electron chi connectivity index (χ2n) is 2.71. The molecule has 0 aliphatic rings. The second-order valence-corrected chi connectivity index (χ2v) is 8.14. The van der Waals surface area contributed by atoms with E-state index in [4.69, 9.17) is 0 Å². The molecule has 0 saturated carbocycles. The van der Waals surface area contributed by atoms with Gasteiger partial charge in [-0.2, -0.15) is 6.92 Å². The number of rotatable bonds is 4. The molecule has 0 atom stereocenters. The van der Waals surface area contributed by atoms with Crippen LogP contribution in [0.5, 0.6) is 0 Å². The molecule has 0 saturated heterocycles. The van der Waals surface area contributed by atoms with Crippen LogP contribution in [-0.4, -0.2) is 8.07 Å². The van der Waals surface area contributed by atoms with E-state index in [1.165, 1.54) is 18.1 Å². The van der Waals surface area contributed by atoms with E-state index in [1.54, 1.807) is 0 Å². The Morgan fingerprint density at radius 2 is 1.30 bits per heavy atom. The van der Waals surface area contributed by atoms with Crippen molar-refractivity contribution < 1.29 is 18.9 Å². The molecule has 0 aromatic rings. The molecule has 0 bridgehead atoms. The van der Waals surface area contributed by atoms with Crippen LogP contribution in [0.2, 0.25) is 18.1 Å². The van der Waals surface area contributed by atoms with E-state index in [2.05, 4.69) is 33.7 Å². The largest absolute Gasteiger partial charge is 1.00 e. The zero-order chi connectivity index (χ0) is 7.33. The van der Waals surface area contributed by atoms with Crippen LogP contribution in [0, 0.1) is 6.04 Å². The summed E-state index contributed by atoms with van der Waals surface area (Å²) < 4.78 is 0. The van der Waals surface area contributed by atoms with Gasteiger partial charge in [0, 0.05) is 0 Å². The zero-order valence-corrected chi connectivity index (χ0v) is 9.20. The number of hydrogen-bond acceptors (Lipinski definition) is 0. The minimum atomic E-state index is -0.816. The van der Waals surface area contributed by atoms with E-state index in [0.717, 1.165) is 0 Å². The molecule has 0 aromatic carbocycles. The Hall–Kier alpha value is 0.814. The molecule has 0 unspecified atom stereocenters. The molecule has 0 nitrogen and oxygen atoms in total. The molecule has 0 rings (SSSR count). The summed E-state index contributed by atoms with van der Waals surface area (Å²) in [6.07, 6.45) is 0. The summed E-state index contributed by atoms with van der Waals surface area (Å²) in [7, 11) is -0.816. The van der Waals surface area contributed by atoms with Crippen LogP contribution >= 0.6 is 0 Å². The molecule has 0 aromatic heterocycles. The Morgan fingerprint density at radius 3 is 1.30 bits per heavy atom. The third kappa shape index (κ3) is 3.28. The Balaban J connectivity index is 0. The molecule has 0 heterocycles. The van der Waals surface area contributed by atoms with E-state index in [-0.39, 0.29) is 18.9 Å². The molecule has 10 heavy (non-hydrogen) atoms. The second kappa shape index (κ2) is 6.52. The topological polar surface area (TPSA) is 0 Å². The van der Waals surface area contributed by atoms with Crippen LogP contribution in [0.3, 0.4) is 0 Å². The van der Waals surface area contributed by atoms with Crippen LogP contribution < -0.4 is 18.9 Å². The molecule has 0 fully saturated rings. The van der Waals surface area contributed by atoms with E-state index >= 15 is 0 Å². The van der Waals surface area contributed by atoms with E-state index in [0.29, 0.717) is 0 Å². The van der Waals surface area contributed by atoms with Gasteiger partial charge < -0.3 is 6.04 Å². The molecule has 56 valence electrons. The molecule has 0 aliphatic carbocycles. The summed E-state index contributed by atoms with van der Waals surface area (Å²) in [4.78, 5) is 0. The fraction of sp³-hybridized carbons (Fsp3) is 0.875. The maximum Gasteiger partial charge on any atom is 1.00 e. The van der Waals surface area contributed by atoms with Gasteiger partial charge in [0.1, 0.15) is 0 Å². The van der Waals surface area contributed by atoms with E-state index < -0.39 is 8.07 Å². The molecule has 0 N–H and O–H groups in total. The monoisotopic (exact) mass is 150 g/mol. The Bertz CT molecular complexity index is 52.1. The summed E-state index contributed by atoms with van der Waals surface area (Å²) >= 11 is 0. The standard InChI is InChI=1S/C8H19Si.Li/c1-5-9(6-2,7-3)8-4;/h5H,6-8H2,1-4H3;/q-1;+1. The van der Waals surface area contributed by atoms with Crippen molar-refractivity contribution in [3.05, 3.63) is 6.04 Å². The van der Waals surface area contributed by atoms with Crippen molar-refractivity contribution in [3.8, 4) is 0 Å². The van der Waals surface area contributed by atoms with Gasteiger partial charge in [0.05, 0.1) is 0 Å². The van der Waals surface area contributed by atoms with Crippen molar-refractivity contribution in [1.29, 1.82) is 0 Å². The van der Waals surface area contributed by atoms with Crippen molar-refractivity contribution in [2.75, 3.05) is 0 Å². The average molecular weight is 150 g/mol. The summed E-state index contributed by atoms with van der Waals surface area (Å²) in [5.41, 5.74) is 0. The molecular weight excluding hydrogens is 131 g/mol. The molecular formula is C8H19LiSi. The summed E-state index contributed by atoms with van der Waals surface area (Å²) in [5, 5.41) is 0. The molecule has 0 radical (unpaired) electrons. The zero-order valence-electron chi connectivity index (χ0n) is 8.20. The van der Waals surface area contributed by atoms with Crippen molar-refractivity contribution >= 4 is 8.07 Å². The van der Waals surface area contributed by atoms with Crippen molar-refractivity contribution in [2.45, 2.75) is 45.8 Å². The average Bonchev–Trinajstić information content (AvgIpc) is 1.95. The quantitative estimate of drug-likeness (QED) is 0.398. The molecule has 0 aliphatic heterocycles. The van der Waals surface area contributed by atoms with Crippen molar-refractivity contribution in [2.24, 2.45) is 0 Å². The van der Waals surface area contributed by atoms with Crippen LogP contribution in [0.1, 0.15) is 27.7 Å². The minimum absolute atomic E-state index is 0. The summed E-state index contributed by atoms with van der Waals surface area (Å²) in [6.45, 7) is 9.24. The summed E-state index contributed by atoms with van der Waals surface area (Å²) in [5.74, 6) is 0. The molecule has 0 spiro atoms. The maximum absolute atomic E-state index is 2.49. The van der Waals surface area contributed by atoms with Crippen molar-refractivity contribution in [3.63, 3.8) is 0 Å². The Labute approximate surface area is 79.0 Å². The molecule has 0 amide bonds. The first kappa shape index (κ1) is 13.4. The van der Waals surface area contributed by atoms with Gasteiger partial charge in [-0.05, 0) is 0 Å². The third-order valence-corrected chi connectivity index (χ3v) is 8.17. The Kier molecular flexibility index (Phi) is 8.74. The van der Waals surface area contributed by atoms with Crippen molar-refractivity contribution in [1.82, 2.24) is 0 Å². The Morgan fingerprint density at radius 1 is 1.00 bits per heavy atom. The number of hydrogen-bond donors (Lipinski definition) is 0. The van der Waals surface area contributed by atoms with Gasteiger partial charge in [-0.25, -0.2) is 0 Å². The van der Waals surface area contributed by atoms with Gasteiger partial charge in [0.25, 0.3) is 0 Å². The van der Waals surface area contributed by atoms with Crippen LogP contribution in [0.25, 0.3) is 0 Å². The van der Waals surface area contributed by atoms with Crippen LogP contribution in [0.15, 0.2) is 0 Å². The van der Waals surface area contributed by atoms with Gasteiger partial charge in [-0.3, -0.25) is 0 Å². The predicted molar refractivity (Wildman–Crippen MR) is 47.2 cm³/mol. The normalized spacial score (nSPS) is 10.8. The van der Waals surface area contributed by atoms with Crippen LogP contribution in [0.4, 0.5) is 0 Å². The van der Waals surface area contributed by atoms with E-state index in [9.17, 15) is 0 Å². The smallest absolute Gasteiger partial charge is 0.330 e. The first-order valence-electron chi connectivity index (χ1n) is 4.05. The third-order valence-electron chi connectivity index (χ3n) is 2.72. The predicted octanol–water partition coefficient (Wildman–Crippen LogP) is 0.262. The summed E-state index contributed by atoms with van der Waals surface area (Å²) in [6, 6.07) is 6.77. The van der Waals surface area contributed by atoms with Gasteiger partial charge >= 0.3 is 18.9 Å². The molecule has 2 heteroatoms. The van der Waals surface area contributed by atoms with Gasteiger partial charge in [0.2, 0.25) is 0 Å². The van der Waals surface area contributed by atoms with E-state index in [1.807, 2.05) is 0 Å². The fourth-order valence-corrected chi connectivity index (χ4v) is 4.09. The first-order valence-corrected chi connectivity index (χ1v) is 6.75. The fourth-order valence-electron chi connectivity index (χ4n) is 1.36. The maximum atomic E-state index is 2.49. The van der Waals surface area contributed by atoms with Gasteiger partial charge in [-0.1, -0.05) is 47.0 Å². The van der Waals surface area contributed by atoms with Crippen LogP contribution in [-0.2, 0) is 0 Å². The van der Waals surface area contributed by atoms with Gasteiger partial charge in [-0.15, -0.1) is 0 Å².